The average Bonchev–Trinajstić information content (AvgIpc) is 2.56. The number of piperidine rings is 1. The lowest BCUT2D eigenvalue weighted by Gasteiger charge is -2.32. The lowest BCUT2D eigenvalue weighted by atomic mass is 9.98. The van der Waals surface area contributed by atoms with Crippen LogP contribution in [-0.2, 0) is 4.79 Å². The molecule has 0 aromatic heterocycles. The van der Waals surface area contributed by atoms with Crippen LogP contribution in [0.25, 0.3) is 0 Å². The Morgan fingerprint density at radius 2 is 2.00 bits per heavy atom. The Kier molecular flexibility index (Phi) is 7.10. The molecule has 0 radical (unpaired) electrons. The second-order valence-corrected chi connectivity index (χ2v) is 7.05. The highest BCUT2D eigenvalue weighted by Crippen LogP contribution is 2.22. The van der Waals surface area contributed by atoms with E-state index in [9.17, 15) is 4.79 Å². The van der Waals surface area contributed by atoms with Crippen molar-refractivity contribution < 1.29 is 9.53 Å². The molecule has 0 aliphatic carbocycles. The molecule has 1 atom stereocenters. The standard InChI is InChI=1S/C20H32N2O2/c1-16-8-7-9-17(2)20(16)24-15-14-22(4)19(23)12-11-18-10-5-6-13-21(18)3/h7-9,18H,5-6,10-15H2,1-4H3/t18-/m1/s1. The van der Waals surface area contributed by atoms with Gasteiger partial charge in [0.05, 0.1) is 6.54 Å². The fourth-order valence-electron chi connectivity index (χ4n) is 3.43. The molecule has 0 bridgehead atoms. The molecule has 1 aromatic rings. The van der Waals surface area contributed by atoms with Gasteiger partial charge in [0.1, 0.15) is 12.4 Å². The van der Waals surface area contributed by atoms with Crippen molar-refractivity contribution in [1.82, 2.24) is 9.80 Å². The molecular formula is C20H32N2O2. The molecule has 134 valence electrons. The van der Waals surface area contributed by atoms with Crippen LogP contribution in [0.3, 0.4) is 0 Å². The van der Waals surface area contributed by atoms with Gasteiger partial charge in [-0.25, -0.2) is 0 Å². The quantitative estimate of drug-likeness (QED) is 0.767. The molecule has 0 unspecified atom stereocenters. The topological polar surface area (TPSA) is 32.8 Å². The van der Waals surface area contributed by atoms with Crippen molar-refractivity contribution >= 4 is 5.91 Å². The zero-order valence-corrected chi connectivity index (χ0v) is 15.7. The Morgan fingerprint density at radius 3 is 2.67 bits per heavy atom. The molecule has 1 aromatic carbocycles. The summed E-state index contributed by atoms with van der Waals surface area (Å²) in [5.41, 5.74) is 2.29. The third-order valence-corrected chi connectivity index (χ3v) is 5.12. The number of aryl methyl sites for hydroxylation is 2. The molecule has 4 heteroatoms. The molecule has 1 saturated heterocycles. The molecule has 1 fully saturated rings. The summed E-state index contributed by atoms with van der Waals surface area (Å²) in [6, 6.07) is 6.72. The van der Waals surface area contributed by atoms with E-state index in [0.717, 1.165) is 29.8 Å². The molecule has 0 saturated carbocycles. The molecule has 0 spiro atoms. The van der Waals surface area contributed by atoms with Gasteiger partial charge in [0, 0.05) is 19.5 Å². The van der Waals surface area contributed by atoms with Gasteiger partial charge in [0.25, 0.3) is 0 Å². The molecule has 1 heterocycles. The van der Waals surface area contributed by atoms with E-state index in [-0.39, 0.29) is 5.91 Å². The van der Waals surface area contributed by atoms with Gasteiger partial charge < -0.3 is 14.5 Å². The molecule has 24 heavy (non-hydrogen) atoms. The Balaban J connectivity index is 1.71. The highest BCUT2D eigenvalue weighted by molar-refractivity contribution is 5.75. The van der Waals surface area contributed by atoms with E-state index in [2.05, 4.69) is 37.9 Å². The summed E-state index contributed by atoms with van der Waals surface area (Å²) >= 11 is 0. The van der Waals surface area contributed by atoms with Gasteiger partial charge in [0.15, 0.2) is 0 Å². The molecule has 1 amide bonds. The van der Waals surface area contributed by atoms with Gasteiger partial charge in [-0.2, -0.15) is 0 Å². The average molecular weight is 332 g/mol. The summed E-state index contributed by atoms with van der Waals surface area (Å²) in [4.78, 5) is 16.5. The predicted molar refractivity (Wildman–Crippen MR) is 98.6 cm³/mol. The monoisotopic (exact) mass is 332 g/mol. The van der Waals surface area contributed by atoms with Crippen LogP contribution in [0.5, 0.6) is 5.75 Å². The van der Waals surface area contributed by atoms with Crippen molar-refractivity contribution in [2.24, 2.45) is 0 Å². The van der Waals surface area contributed by atoms with Crippen LogP contribution in [0.1, 0.15) is 43.2 Å². The Morgan fingerprint density at radius 1 is 1.29 bits per heavy atom. The van der Waals surface area contributed by atoms with Crippen LogP contribution in [0.15, 0.2) is 18.2 Å². The van der Waals surface area contributed by atoms with Crippen molar-refractivity contribution in [2.75, 3.05) is 33.8 Å². The van der Waals surface area contributed by atoms with Crippen molar-refractivity contribution in [3.8, 4) is 5.75 Å². The van der Waals surface area contributed by atoms with Crippen molar-refractivity contribution in [1.29, 1.82) is 0 Å². The SMILES string of the molecule is Cc1cccc(C)c1OCCN(C)C(=O)CC[C@H]1CCCCN1C. The summed E-state index contributed by atoms with van der Waals surface area (Å²) in [5.74, 6) is 1.17. The van der Waals surface area contributed by atoms with Crippen LogP contribution in [-0.4, -0.2) is 55.5 Å². The van der Waals surface area contributed by atoms with Crippen LogP contribution in [0, 0.1) is 13.8 Å². The minimum Gasteiger partial charge on any atom is -0.491 e. The van der Waals surface area contributed by atoms with E-state index < -0.39 is 0 Å². The van der Waals surface area contributed by atoms with Crippen molar-refractivity contribution in [2.45, 2.75) is 52.0 Å². The summed E-state index contributed by atoms with van der Waals surface area (Å²) < 4.78 is 5.90. The third kappa shape index (κ3) is 5.23. The normalized spacial score (nSPS) is 18.4. The lowest BCUT2D eigenvalue weighted by molar-refractivity contribution is -0.130. The fraction of sp³-hybridized carbons (Fsp3) is 0.650. The Labute approximate surface area is 146 Å². The summed E-state index contributed by atoms with van der Waals surface area (Å²) in [6.45, 7) is 6.44. The first kappa shape index (κ1) is 18.8. The highest BCUT2D eigenvalue weighted by Gasteiger charge is 2.20. The van der Waals surface area contributed by atoms with Crippen LogP contribution in [0.2, 0.25) is 0 Å². The van der Waals surface area contributed by atoms with E-state index in [1.54, 1.807) is 4.90 Å². The highest BCUT2D eigenvalue weighted by atomic mass is 16.5. The van der Waals surface area contributed by atoms with E-state index >= 15 is 0 Å². The number of hydrogen-bond acceptors (Lipinski definition) is 3. The summed E-state index contributed by atoms with van der Waals surface area (Å²) in [7, 11) is 4.05. The van der Waals surface area contributed by atoms with Crippen LogP contribution in [0.4, 0.5) is 0 Å². The number of ether oxygens (including phenoxy) is 1. The number of carbonyl (C=O) groups is 1. The van der Waals surface area contributed by atoms with Crippen molar-refractivity contribution in [3.05, 3.63) is 29.3 Å². The molecule has 2 rings (SSSR count). The van der Waals surface area contributed by atoms with Gasteiger partial charge in [-0.1, -0.05) is 24.6 Å². The number of likely N-dealkylation sites (tertiary alicyclic amines) is 1. The molecular weight excluding hydrogens is 300 g/mol. The van der Waals surface area contributed by atoms with Crippen LogP contribution < -0.4 is 4.74 Å². The second-order valence-electron chi connectivity index (χ2n) is 7.05. The van der Waals surface area contributed by atoms with Gasteiger partial charge in [-0.3, -0.25) is 4.79 Å². The molecule has 4 nitrogen and oxygen atoms in total. The minimum atomic E-state index is 0.221. The Hall–Kier alpha value is -1.55. The van der Waals surface area contributed by atoms with E-state index in [0.29, 0.717) is 25.6 Å². The summed E-state index contributed by atoms with van der Waals surface area (Å²) in [5, 5.41) is 0. The summed E-state index contributed by atoms with van der Waals surface area (Å²) in [6.07, 6.45) is 5.41. The first-order valence-corrected chi connectivity index (χ1v) is 9.12. The first-order chi connectivity index (χ1) is 11.5. The zero-order chi connectivity index (χ0) is 17.5. The van der Waals surface area contributed by atoms with Gasteiger partial charge >= 0.3 is 0 Å². The number of hydrogen-bond donors (Lipinski definition) is 0. The Bertz CT molecular complexity index is 524. The van der Waals surface area contributed by atoms with E-state index in [1.165, 1.54) is 19.3 Å². The molecule has 1 aliphatic heterocycles. The third-order valence-electron chi connectivity index (χ3n) is 5.12. The smallest absolute Gasteiger partial charge is 0.222 e. The van der Waals surface area contributed by atoms with Crippen molar-refractivity contribution in [3.63, 3.8) is 0 Å². The maximum Gasteiger partial charge on any atom is 0.222 e. The number of nitrogens with zero attached hydrogens (tertiary/aromatic N) is 2. The fourth-order valence-corrected chi connectivity index (χ4v) is 3.43. The lowest BCUT2D eigenvalue weighted by Crippen LogP contribution is -2.38. The first-order valence-electron chi connectivity index (χ1n) is 9.12. The number of carbonyl (C=O) groups excluding carboxylic acids is 1. The number of likely N-dealkylation sites (N-methyl/N-ethyl adjacent to an activating group) is 1. The number of amides is 1. The maximum atomic E-state index is 12.3. The number of rotatable bonds is 7. The minimum absolute atomic E-state index is 0.221. The van der Waals surface area contributed by atoms with Gasteiger partial charge in [0.2, 0.25) is 5.91 Å². The zero-order valence-electron chi connectivity index (χ0n) is 15.7. The van der Waals surface area contributed by atoms with Gasteiger partial charge in [-0.15, -0.1) is 0 Å². The van der Waals surface area contributed by atoms with E-state index in [4.69, 9.17) is 4.74 Å². The second kappa shape index (κ2) is 9.07. The van der Waals surface area contributed by atoms with E-state index in [1.807, 2.05) is 13.1 Å². The molecule has 0 N–H and O–H groups in total. The molecule has 1 aliphatic rings. The predicted octanol–water partition coefficient (Wildman–Crippen LogP) is 3.41. The maximum absolute atomic E-state index is 12.3. The number of benzene rings is 1. The van der Waals surface area contributed by atoms with Gasteiger partial charge in [-0.05, 0) is 57.8 Å². The number of para-hydroxylation sites is 1. The van der Waals surface area contributed by atoms with Crippen LogP contribution >= 0.6 is 0 Å². The largest absolute Gasteiger partial charge is 0.491 e.